The fraction of sp³-hybridized carbons (Fsp3) is 0.562. The molecule has 1 heterocycles. The Bertz CT molecular complexity index is 424. The molecule has 1 amide bonds. The molecule has 0 bridgehead atoms. The summed E-state index contributed by atoms with van der Waals surface area (Å²) in [4.78, 5) is 14.2. The van der Waals surface area contributed by atoms with E-state index < -0.39 is 0 Å². The molecule has 3 nitrogen and oxygen atoms in total. The van der Waals surface area contributed by atoms with Crippen LogP contribution in [0.2, 0.25) is 0 Å². The highest BCUT2D eigenvalue weighted by Gasteiger charge is 2.28. The molecule has 0 aromatic heterocycles. The van der Waals surface area contributed by atoms with Crippen LogP contribution in [0, 0.1) is 0 Å². The molecule has 0 radical (unpaired) electrons. The molecular formula is C16H22ClNO2. The van der Waals surface area contributed by atoms with Crippen LogP contribution in [0.25, 0.3) is 0 Å². The number of carbonyl (C=O) groups excluding carboxylic acids is 1. The van der Waals surface area contributed by atoms with Crippen molar-refractivity contribution in [3.8, 4) is 0 Å². The highest BCUT2D eigenvalue weighted by molar-refractivity contribution is 6.18. The van der Waals surface area contributed by atoms with Crippen LogP contribution in [0.4, 0.5) is 0 Å². The first-order valence-electron chi connectivity index (χ1n) is 7.21. The Morgan fingerprint density at radius 3 is 2.85 bits per heavy atom. The maximum absolute atomic E-state index is 12.3. The summed E-state index contributed by atoms with van der Waals surface area (Å²) >= 11 is 5.82. The third kappa shape index (κ3) is 4.22. The van der Waals surface area contributed by atoms with Crippen LogP contribution < -0.4 is 0 Å². The lowest BCUT2D eigenvalue weighted by atomic mass is 10.1. The number of ether oxygens (including phenoxy) is 1. The molecule has 0 saturated carbocycles. The molecule has 0 N–H and O–H groups in total. The average molecular weight is 296 g/mol. The Labute approximate surface area is 125 Å². The fourth-order valence-electron chi connectivity index (χ4n) is 2.49. The lowest BCUT2D eigenvalue weighted by molar-refractivity contribution is -0.143. The van der Waals surface area contributed by atoms with Crippen LogP contribution in [0.3, 0.4) is 0 Å². The number of nitrogens with zero attached hydrogens (tertiary/aromatic N) is 1. The van der Waals surface area contributed by atoms with Crippen LogP contribution in [0.5, 0.6) is 0 Å². The molecule has 1 aliphatic rings. The Morgan fingerprint density at radius 2 is 2.15 bits per heavy atom. The van der Waals surface area contributed by atoms with Gasteiger partial charge in [-0.25, -0.2) is 0 Å². The van der Waals surface area contributed by atoms with Gasteiger partial charge in [-0.1, -0.05) is 30.3 Å². The monoisotopic (exact) mass is 295 g/mol. The summed E-state index contributed by atoms with van der Waals surface area (Å²) < 4.78 is 5.57. The lowest BCUT2D eigenvalue weighted by Crippen LogP contribution is -2.51. The van der Waals surface area contributed by atoms with Gasteiger partial charge < -0.3 is 9.64 Å². The second kappa shape index (κ2) is 7.65. The standard InChI is InChI=1S/C16H22ClNO2/c1-13-12-20-15(10-17)11-18(13)16(19)9-5-8-14-6-3-2-4-7-14/h2-4,6-7,13,15H,5,8-12H2,1H3. The molecular weight excluding hydrogens is 274 g/mol. The van der Waals surface area contributed by atoms with Crippen molar-refractivity contribution in [3.63, 3.8) is 0 Å². The zero-order valence-corrected chi connectivity index (χ0v) is 12.7. The van der Waals surface area contributed by atoms with Crippen molar-refractivity contribution in [2.24, 2.45) is 0 Å². The van der Waals surface area contributed by atoms with Gasteiger partial charge in [0.2, 0.25) is 5.91 Å². The minimum Gasteiger partial charge on any atom is -0.373 e. The molecule has 0 aliphatic carbocycles. The number of carbonyl (C=O) groups is 1. The number of hydrogen-bond donors (Lipinski definition) is 0. The summed E-state index contributed by atoms with van der Waals surface area (Å²) in [6, 6.07) is 10.4. The number of amides is 1. The van der Waals surface area contributed by atoms with E-state index in [2.05, 4.69) is 12.1 Å². The second-order valence-corrected chi connectivity index (χ2v) is 5.65. The van der Waals surface area contributed by atoms with Crippen molar-refractivity contribution in [1.82, 2.24) is 4.90 Å². The van der Waals surface area contributed by atoms with Gasteiger partial charge in [0, 0.05) is 13.0 Å². The summed E-state index contributed by atoms with van der Waals surface area (Å²) in [5.41, 5.74) is 1.29. The van der Waals surface area contributed by atoms with Gasteiger partial charge in [0.25, 0.3) is 0 Å². The van der Waals surface area contributed by atoms with E-state index in [1.807, 2.05) is 30.0 Å². The Morgan fingerprint density at radius 1 is 1.40 bits per heavy atom. The maximum Gasteiger partial charge on any atom is 0.222 e. The van der Waals surface area contributed by atoms with Gasteiger partial charge in [0.05, 0.1) is 24.6 Å². The molecule has 110 valence electrons. The third-order valence-corrected chi connectivity index (χ3v) is 4.04. The second-order valence-electron chi connectivity index (χ2n) is 5.34. The van der Waals surface area contributed by atoms with Crippen LogP contribution in [-0.4, -0.2) is 42.0 Å². The summed E-state index contributed by atoms with van der Waals surface area (Å²) in [6.45, 7) is 3.23. The summed E-state index contributed by atoms with van der Waals surface area (Å²) in [6.07, 6.45) is 2.41. The van der Waals surface area contributed by atoms with Crippen LogP contribution in [-0.2, 0) is 16.0 Å². The first-order chi connectivity index (χ1) is 9.70. The molecule has 4 heteroatoms. The number of benzene rings is 1. The smallest absolute Gasteiger partial charge is 0.222 e. The van der Waals surface area contributed by atoms with Gasteiger partial charge in [0.15, 0.2) is 0 Å². The number of morpholine rings is 1. The van der Waals surface area contributed by atoms with Gasteiger partial charge in [-0.3, -0.25) is 4.79 Å². The fourth-order valence-corrected chi connectivity index (χ4v) is 2.68. The van der Waals surface area contributed by atoms with Gasteiger partial charge in [-0.15, -0.1) is 11.6 Å². The lowest BCUT2D eigenvalue weighted by Gasteiger charge is -2.37. The van der Waals surface area contributed by atoms with Gasteiger partial charge in [0.1, 0.15) is 0 Å². The van der Waals surface area contributed by atoms with E-state index in [1.54, 1.807) is 0 Å². The Balaban J connectivity index is 1.79. The van der Waals surface area contributed by atoms with E-state index in [-0.39, 0.29) is 18.1 Å². The van der Waals surface area contributed by atoms with Crippen molar-refractivity contribution in [2.45, 2.75) is 38.3 Å². The summed E-state index contributed by atoms with van der Waals surface area (Å²) in [7, 11) is 0. The molecule has 1 aromatic carbocycles. The minimum atomic E-state index is -0.0223. The number of hydrogen-bond acceptors (Lipinski definition) is 2. The molecule has 2 rings (SSSR count). The number of aryl methyl sites for hydroxylation is 1. The van der Waals surface area contributed by atoms with E-state index in [9.17, 15) is 4.79 Å². The molecule has 0 spiro atoms. The van der Waals surface area contributed by atoms with Crippen molar-refractivity contribution >= 4 is 17.5 Å². The summed E-state index contributed by atoms with van der Waals surface area (Å²) in [5, 5.41) is 0. The van der Waals surface area contributed by atoms with Crippen LogP contribution in [0.1, 0.15) is 25.3 Å². The maximum atomic E-state index is 12.3. The van der Waals surface area contributed by atoms with Gasteiger partial charge >= 0.3 is 0 Å². The van der Waals surface area contributed by atoms with Gasteiger partial charge in [-0.05, 0) is 25.3 Å². The SMILES string of the molecule is CC1COC(CCl)CN1C(=O)CCCc1ccccc1. The van der Waals surface area contributed by atoms with E-state index >= 15 is 0 Å². The van der Waals surface area contributed by atoms with Crippen molar-refractivity contribution in [3.05, 3.63) is 35.9 Å². The quantitative estimate of drug-likeness (QED) is 0.782. The number of rotatable bonds is 5. The third-order valence-electron chi connectivity index (χ3n) is 3.70. The van der Waals surface area contributed by atoms with Crippen molar-refractivity contribution in [2.75, 3.05) is 19.0 Å². The minimum absolute atomic E-state index is 0.0223. The van der Waals surface area contributed by atoms with Crippen molar-refractivity contribution in [1.29, 1.82) is 0 Å². The zero-order valence-electron chi connectivity index (χ0n) is 11.9. The number of alkyl halides is 1. The first kappa shape index (κ1) is 15.3. The Kier molecular flexibility index (Phi) is 5.86. The summed E-state index contributed by atoms with van der Waals surface area (Å²) in [5.74, 6) is 0.660. The first-order valence-corrected chi connectivity index (χ1v) is 7.75. The predicted octanol–water partition coefficient (Wildman–Crippen LogP) is 2.86. The normalized spacial score (nSPS) is 22.8. The topological polar surface area (TPSA) is 29.5 Å². The number of halogens is 1. The molecule has 20 heavy (non-hydrogen) atoms. The van der Waals surface area contributed by atoms with E-state index in [0.29, 0.717) is 25.5 Å². The van der Waals surface area contributed by atoms with Crippen LogP contribution in [0.15, 0.2) is 30.3 Å². The van der Waals surface area contributed by atoms with Crippen molar-refractivity contribution < 1.29 is 9.53 Å². The predicted molar refractivity (Wildman–Crippen MR) is 81.0 cm³/mol. The van der Waals surface area contributed by atoms with E-state index in [4.69, 9.17) is 16.3 Å². The van der Waals surface area contributed by atoms with E-state index in [1.165, 1.54) is 5.56 Å². The zero-order chi connectivity index (χ0) is 14.4. The molecule has 1 aliphatic heterocycles. The van der Waals surface area contributed by atoms with E-state index in [0.717, 1.165) is 12.8 Å². The molecule has 1 fully saturated rings. The largest absolute Gasteiger partial charge is 0.373 e. The highest BCUT2D eigenvalue weighted by atomic mass is 35.5. The molecule has 1 saturated heterocycles. The molecule has 2 atom stereocenters. The van der Waals surface area contributed by atoms with Gasteiger partial charge in [-0.2, -0.15) is 0 Å². The Hall–Kier alpha value is -1.06. The highest BCUT2D eigenvalue weighted by Crippen LogP contribution is 2.15. The molecule has 1 aromatic rings. The average Bonchev–Trinajstić information content (AvgIpc) is 2.48. The van der Waals surface area contributed by atoms with Crippen LogP contribution >= 0.6 is 11.6 Å². The molecule has 2 unspecified atom stereocenters.